The highest BCUT2D eigenvalue weighted by molar-refractivity contribution is 5.61. The van der Waals surface area contributed by atoms with Crippen LogP contribution in [0.1, 0.15) is 39.7 Å². The van der Waals surface area contributed by atoms with Crippen LogP contribution in [0.2, 0.25) is 0 Å². The molecule has 2 aromatic carbocycles. The van der Waals surface area contributed by atoms with E-state index in [0.29, 0.717) is 6.73 Å². The molecule has 1 aliphatic heterocycles. The van der Waals surface area contributed by atoms with Crippen LogP contribution in [0.5, 0.6) is 5.75 Å². The van der Waals surface area contributed by atoms with Gasteiger partial charge in [0.15, 0.2) is 6.73 Å². The Hall–Kier alpha value is -1.96. The summed E-state index contributed by atoms with van der Waals surface area (Å²) in [5.41, 5.74) is 2.95. The monoisotopic (exact) mass is 295 g/mol. The summed E-state index contributed by atoms with van der Waals surface area (Å²) in [5, 5.41) is 0. The largest absolute Gasteiger partial charge is 0.473 e. The molecule has 116 valence electrons. The van der Waals surface area contributed by atoms with Crippen LogP contribution in [-0.4, -0.2) is 12.3 Å². The zero-order chi connectivity index (χ0) is 15.8. The number of anilines is 1. The Morgan fingerprint density at radius 3 is 2.27 bits per heavy atom. The van der Waals surface area contributed by atoms with Gasteiger partial charge in [-0.05, 0) is 49.4 Å². The fraction of sp³-hybridized carbons (Fsp3) is 0.400. The van der Waals surface area contributed by atoms with Crippen LogP contribution in [0.4, 0.5) is 5.69 Å². The number of hydrogen-bond donors (Lipinski definition) is 0. The van der Waals surface area contributed by atoms with Gasteiger partial charge in [0.2, 0.25) is 0 Å². The molecule has 22 heavy (non-hydrogen) atoms. The number of para-hydroxylation sites is 2. The molecule has 1 aliphatic rings. The number of ether oxygens (including phenoxy) is 1. The van der Waals surface area contributed by atoms with E-state index in [-0.39, 0.29) is 11.0 Å². The first-order valence-electron chi connectivity index (χ1n) is 7.95. The van der Waals surface area contributed by atoms with Crippen LogP contribution in [0, 0.1) is 0 Å². The molecule has 0 saturated heterocycles. The van der Waals surface area contributed by atoms with Crippen molar-refractivity contribution < 1.29 is 4.74 Å². The maximum Gasteiger partial charge on any atom is 0.161 e. The van der Waals surface area contributed by atoms with Crippen LogP contribution in [0.15, 0.2) is 54.6 Å². The van der Waals surface area contributed by atoms with E-state index in [1.807, 2.05) is 30.3 Å². The zero-order valence-electron chi connectivity index (χ0n) is 14.0. The van der Waals surface area contributed by atoms with Gasteiger partial charge < -0.3 is 9.64 Å². The molecule has 0 aromatic heterocycles. The molecule has 0 fully saturated rings. The minimum Gasteiger partial charge on any atom is -0.473 e. The van der Waals surface area contributed by atoms with E-state index in [1.165, 1.54) is 11.3 Å². The maximum atomic E-state index is 6.03. The van der Waals surface area contributed by atoms with Gasteiger partial charge in [-0.25, -0.2) is 0 Å². The highest BCUT2D eigenvalue weighted by atomic mass is 16.5. The summed E-state index contributed by atoms with van der Waals surface area (Å²) in [4.78, 5) is 2.39. The summed E-state index contributed by atoms with van der Waals surface area (Å²) in [6, 6.07) is 18.8. The standard InChI is InChI=1S/C20H25NO/c1-19(2)14-20(3,4)21(18-13-9-8-12-17(18)19)15-22-16-10-6-5-7-11-16/h5-13H,14-15H2,1-4H3. The molecule has 0 unspecified atom stereocenters. The molecule has 3 rings (SSSR count). The third-order valence-electron chi connectivity index (χ3n) is 4.63. The van der Waals surface area contributed by atoms with Crippen molar-refractivity contribution in [2.45, 2.75) is 45.1 Å². The normalized spacial score (nSPS) is 18.6. The van der Waals surface area contributed by atoms with E-state index in [0.717, 1.165) is 12.2 Å². The van der Waals surface area contributed by atoms with E-state index >= 15 is 0 Å². The van der Waals surface area contributed by atoms with Gasteiger partial charge in [0.25, 0.3) is 0 Å². The van der Waals surface area contributed by atoms with Crippen molar-refractivity contribution in [3.63, 3.8) is 0 Å². The smallest absolute Gasteiger partial charge is 0.161 e. The molecule has 0 bridgehead atoms. The SMILES string of the molecule is CC1(C)CC(C)(C)N(COc2ccccc2)c2ccccc21. The van der Waals surface area contributed by atoms with Gasteiger partial charge in [0.1, 0.15) is 5.75 Å². The fourth-order valence-electron chi connectivity index (χ4n) is 3.78. The lowest BCUT2D eigenvalue weighted by Gasteiger charge is -2.50. The number of nitrogens with zero attached hydrogens (tertiary/aromatic N) is 1. The van der Waals surface area contributed by atoms with Gasteiger partial charge in [-0.3, -0.25) is 0 Å². The van der Waals surface area contributed by atoms with Crippen LogP contribution in [0.3, 0.4) is 0 Å². The molecule has 0 atom stereocenters. The predicted octanol–water partition coefficient (Wildman–Crippen LogP) is 4.99. The van der Waals surface area contributed by atoms with E-state index in [1.54, 1.807) is 0 Å². The Morgan fingerprint density at radius 1 is 0.909 bits per heavy atom. The van der Waals surface area contributed by atoms with E-state index in [4.69, 9.17) is 4.74 Å². The second-order valence-electron chi connectivity index (χ2n) is 7.40. The van der Waals surface area contributed by atoms with E-state index < -0.39 is 0 Å². The molecular weight excluding hydrogens is 270 g/mol. The zero-order valence-corrected chi connectivity index (χ0v) is 14.0. The van der Waals surface area contributed by atoms with Gasteiger partial charge in [-0.15, -0.1) is 0 Å². The summed E-state index contributed by atoms with van der Waals surface area (Å²) >= 11 is 0. The first-order valence-corrected chi connectivity index (χ1v) is 7.95. The van der Waals surface area contributed by atoms with Gasteiger partial charge in [-0.2, -0.15) is 0 Å². The lowest BCUT2D eigenvalue weighted by molar-refractivity contribution is 0.231. The molecule has 1 heterocycles. The van der Waals surface area contributed by atoms with Crippen molar-refractivity contribution in [2.75, 3.05) is 11.6 Å². The van der Waals surface area contributed by atoms with Gasteiger partial charge >= 0.3 is 0 Å². The van der Waals surface area contributed by atoms with Gasteiger partial charge in [-0.1, -0.05) is 50.2 Å². The molecule has 2 aromatic rings. The first kappa shape index (κ1) is 15.0. The van der Waals surface area contributed by atoms with Crippen molar-refractivity contribution in [2.24, 2.45) is 0 Å². The van der Waals surface area contributed by atoms with Crippen molar-refractivity contribution in [3.8, 4) is 5.75 Å². The summed E-state index contributed by atoms with van der Waals surface area (Å²) in [6.07, 6.45) is 1.11. The van der Waals surface area contributed by atoms with Crippen molar-refractivity contribution in [1.29, 1.82) is 0 Å². The highest BCUT2D eigenvalue weighted by Crippen LogP contribution is 2.46. The average molecular weight is 295 g/mol. The van der Waals surface area contributed by atoms with Crippen molar-refractivity contribution >= 4 is 5.69 Å². The highest BCUT2D eigenvalue weighted by Gasteiger charge is 2.42. The first-order chi connectivity index (χ1) is 10.4. The summed E-state index contributed by atoms with van der Waals surface area (Å²) in [5.74, 6) is 0.917. The average Bonchev–Trinajstić information content (AvgIpc) is 2.46. The number of benzene rings is 2. The molecule has 0 amide bonds. The lowest BCUT2D eigenvalue weighted by Crippen LogP contribution is -2.53. The molecule has 0 aliphatic carbocycles. The number of hydrogen-bond acceptors (Lipinski definition) is 2. The molecule has 0 spiro atoms. The van der Waals surface area contributed by atoms with Crippen LogP contribution < -0.4 is 9.64 Å². The Bertz CT molecular complexity index is 646. The Morgan fingerprint density at radius 2 is 1.55 bits per heavy atom. The van der Waals surface area contributed by atoms with Gasteiger partial charge in [0.05, 0.1) is 0 Å². The lowest BCUT2D eigenvalue weighted by atomic mass is 9.70. The summed E-state index contributed by atoms with van der Waals surface area (Å²) in [6.45, 7) is 9.86. The number of fused-ring (bicyclic) bond motifs is 1. The maximum absolute atomic E-state index is 6.03. The third-order valence-corrected chi connectivity index (χ3v) is 4.63. The molecule has 2 nitrogen and oxygen atoms in total. The molecular formula is C20H25NO. The second kappa shape index (κ2) is 5.35. The summed E-state index contributed by atoms with van der Waals surface area (Å²) in [7, 11) is 0. The van der Waals surface area contributed by atoms with E-state index in [9.17, 15) is 0 Å². The molecule has 0 radical (unpaired) electrons. The Kier molecular flexibility index (Phi) is 3.64. The molecule has 2 heteroatoms. The van der Waals surface area contributed by atoms with Crippen molar-refractivity contribution in [1.82, 2.24) is 0 Å². The van der Waals surface area contributed by atoms with E-state index in [2.05, 4.69) is 56.9 Å². The van der Waals surface area contributed by atoms with Crippen LogP contribution in [-0.2, 0) is 5.41 Å². The van der Waals surface area contributed by atoms with Crippen LogP contribution >= 0.6 is 0 Å². The minimum atomic E-state index is 0.0621. The second-order valence-corrected chi connectivity index (χ2v) is 7.40. The number of rotatable bonds is 3. The Labute approximate surface area is 133 Å². The van der Waals surface area contributed by atoms with Crippen molar-refractivity contribution in [3.05, 3.63) is 60.2 Å². The predicted molar refractivity (Wildman–Crippen MR) is 92.6 cm³/mol. The fourth-order valence-corrected chi connectivity index (χ4v) is 3.78. The molecule has 0 N–H and O–H groups in total. The Balaban J connectivity index is 1.92. The van der Waals surface area contributed by atoms with Gasteiger partial charge in [0, 0.05) is 11.2 Å². The summed E-state index contributed by atoms with van der Waals surface area (Å²) < 4.78 is 6.03. The molecule has 0 saturated carbocycles. The minimum absolute atomic E-state index is 0.0621. The third kappa shape index (κ3) is 2.70. The topological polar surface area (TPSA) is 12.5 Å². The van der Waals surface area contributed by atoms with Crippen LogP contribution in [0.25, 0.3) is 0 Å². The quantitative estimate of drug-likeness (QED) is 0.791.